The molecule has 2 heterocycles. The van der Waals surface area contributed by atoms with E-state index < -0.39 is 22.8 Å². The number of carboxylic acids is 1. The lowest BCUT2D eigenvalue weighted by Crippen LogP contribution is -2.20. The van der Waals surface area contributed by atoms with E-state index in [2.05, 4.69) is 27.9 Å². The number of nitrogens with one attached hydrogen (secondary N) is 2. The number of pyridine rings is 1. The van der Waals surface area contributed by atoms with Crippen molar-refractivity contribution in [2.75, 3.05) is 6.54 Å². The number of aromatic nitrogens is 2. The van der Waals surface area contributed by atoms with E-state index in [0.29, 0.717) is 17.7 Å². The highest BCUT2D eigenvalue weighted by Crippen LogP contribution is 2.38. The molecule has 4 rings (SSSR count). The number of benzene rings is 1. The number of carboxylic acid groups (broad SMARTS) is 1. The lowest BCUT2D eigenvalue weighted by atomic mass is 9.97. The summed E-state index contributed by atoms with van der Waals surface area (Å²) < 4.78 is 2.14. The first kappa shape index (κ1) is 21.7. The zero-order valence-electron chi connectivity index (χ0n) is 16.8. The molecule has 0 aliphatic heterocycles. The number of halogens is 1. The number of H-pyrrole nitrogens is 1. The maximum atomic E-state index is 12.3. The molecule has 0 saturated carbocycles. The Hall–Kier alpha value is -3.03. The van der Waals surface area contributed by atoms with E-state index in [0.717, 1.165) is 47.2 Å². The number of aryl methyl sites for hydroxylation is 1. The van der Waals surface area contributed by atoms with Gasteiger partial charge in [-0.3, -0.25) is 4.79 Å². The number of nitrogens with zero attached hydrogens (tertiary/aromatic N) is 1. The highest BCUT2D eigenvalue weighted by atomic mass is 35.5. The molecule has 2 aromatic heterocycles. The van der Waals surface area contributed by atoms with Crippen LogP contribution in [-0.2, 0) is 20.0 Å². The van der Waals surface area contributed by atoms with Crippen molar-refractivity contribution in [2.45, 2.75) is 26.3 Å². The van der Waals surface area contributed by atoms with Gasteiger partial charge in [0.15, 0.2) is 5.56 Å². The number of hydrogen-bond donors (Lipinski definition) is 4. The summed E-state index contributed by atoms with van der Waals surface area (Å²) in [5, 5.41) is 24.2. The second kappa shape index (κ2) is 8.38. The SMILES string of the molecule is CCCNCc1cc2c3c(ccc2n1C)-c1[nH]c(=O)c(C(=O)O)c(O)c1CC=C3.Cl. The van der Waals surface area contributed by atoms with Gasteiger partial charge in [-0.25, -0.2) is 4.79 Å². The molecule has 158 valence electrons. The second-order valence-corrected chi connectivity index (χ2v) is 7.27. The van der Waals surface area contributed by atoms with E-state index in [1.54, 1.807) is 0 Å². The van der Waals surface area contributed by atoms with Crippen molar-refractivity contribution in [1.29, 1.82) is 0 Å². The van der Waals surface area contributed by atoms with Gasteiger partial charge in [-0.1, -0.05) is 25.1 Å². The van der Waals surface area contributed by atoms with Gasteiger partial charge in [0.1, 0.15) is 5.75 Å². The van der Waals surface area contributed by atoms with Crippen molar-refractivity contribution in [1.82, 2.24) is 14.9 Å². The largest absolute Gasteiger partial charge is 0.506 e. The van der Waals surface area contributed by atoms with Gasteiger partial charge < -0.3 is 25.1 Å². The van der Waals surface area contributed by atoms with Gasteiger partial charge in [0.2, 0.25) is 0 Å². The third kappa shape index (κ3) is 3.40. The topological polar surface area (TPSA) is 107 Å². The molecule has 0 atom stereocenters. The highest BCUT2D eigenvalue weighted by molar-refractivity contribution is 5.99. The first-order valence-electron chi connectivity index (χ1n) is 9.64. The van der Waals surface area contributed by atoms with Gasteiger partial charge in [0, 0.05) is 41.3 Å². The Bertz CT molecular complexity index is 1220. The van der Waals surface area contributed by atoms with Crippen LogP contribution >= 0.6 is 12.4 Å². The van der Waals surface area contributed by atoms with Crippen molar-refractivity contribution >= 4 is 35.4 Å². The van der Waals surface area contributed by atoms with E-state index in [-0.39, 0.29) is 12.4 Å². The molecule has 0 saturated heterocycles. The van der Waals surface area contributed by atoms with E-state index in [9.17, 15) is 19.8 Å². The van der Waals surface area contributed by atoms with Gasteiger partial charge in [-0.05, 0) is 37.1 Å². The first-order chi connectivity index (χ1) is 13.9. The standard InChI is InChI=1S/C22H23N3O4.ClH/c1-3-9-23-11-12-10-16-13-5-4-6-15-19(14(13)7-8-17(16)25(12)2)24-21(27)18(20(15)26)22(28)29;/h4-5,7-8,10,23H,3,6,9,11H2,1-2H3,(H,28,29)(H2,24,26,27);1H. The van der Waals surface area contributed by atoms with Crippen LogP contribution < -0.4 is 10.9 Å². The van der Waals surface area contributed by atoms with Crippen LogP contribution in [0.2, 0.25) is 0 Å². The number of allylic oxidation sites excluding steroid dienone is 1. The zero-order valence-corrected chi connectivity index (χ0v) is 17.6. The monoisotopic (exact) mass is 429 g/mol. The Morgan fingerprint density at radius 2 is 2.10 bits per heavy atom. The molecule has 0 bridgehead atoms. The molecule has 4 N–H and O–H groups in total. The van der Waals surface area contributed by atoms with Crippen LogP contribution in [-0.4, -0.2) is 32.3 Å². The van der Waals surface area contributed by atoms with Crippen molar-refractivity contribution in [2.24, 2.45) is 7.05 Å². The lowest BCUT2D eigenvalue weighted by Gasteiger charge is -2.13. The molecule has 0 fully saturated rings. The van der Waals surface area contributed by atoms with Crippen molar-refractivity contribution in [3.8, 4) is 17.0 Å². The van der Waals surface area contributed by atoms with Crippen LogP contribution in [0.4, 0.5) is 0 Å². The van der Waals surface area contributed by atoms with Crippen LogP contribution in [0.3, 0.4) is 0 Å². The number of aromatic hydroxyl groups is 1. The summed E-state index contributed by atoms with van der Waals surface area (Å²) >= 11 is 0. The van der Waals surface area contributed by atoms with Gasteiger partial charge in [0.05, 0.1) is 5.69 Å². The molecule has 1 aromatic carbocycles. The molecule has 1 aliphatic rings. The Morgan fingerprint density at radius 1 is 1.33 bits per heavy atom. The van der Waals surface area contributed by atoms with Gasteiger partial charge in [-0.2, -0.15) is 0 Å². The number of rotatable bonds is 5. The Balaban J connectivity index is 0.00000256. The lowest BCUT2D eigenvalue weighted by molar-refractivity contribution is 0.0691. The van der Waals surface area contributed by atoms with Crippen molar-refractivity contribution < 1.29 is 15.0 Å². The Morgan fingerprint density at radius 3 is 2.80 bits per heavy atom. The van der Waals surface area contributed by atoms with Gasteiger partial charge in [-0.15, -0.1) is 12.4 Å². The van der Waals surface area contributed by atoms with Crippen LogP contribution in [0.1, 0.15) is 40.5 Å². The van der Waals surface area contributed by atoms with Crippen LogP contribution in [0.15, 0.2) is 29.1 Å². The minimum Gasteiger partial charge on any atom is -0.506 e. The molecule has 3 aromatic rings. The van der Waals surface area contributed by atoms with Crippen LogP contribution in [0, 0.1) is 0 Å². The summed E-state index contributed by atoms with van der Waals surface area (Å²) in [5.74, 6) is -1.91. The molecular weight excluding hydrogens is 406 g/mol. The zero-order chi connectivity index (χ0) is 20.7. The summed E-state index contributed by atoms with van der Waals surface area (Å²) in [7, 11) is 2.03. The molecule has 30 heavy (non-hydrogen) atoms. The second-order valence-electron chi connectivity index (χ2n) is 7.27. The fraction of sp³-hybridized carbons (Fsp3) is 0.273. The molecule has 0 unspecified atom stereocenters. The average Bonchev–Trinajstić information content (AvgIpc) is 2.87. The van der Waals surface area contributed by atoms with E-state index in [1.165, 1.54) is 0 Å². The third-order valence-electron chi connectivity index (χ3n) is 5.48. The molecule has 8 heteroatoms. The quantitative estimate of drug-likeness (QED) is 0.465. The Labute approximate surface area is 179 Å². The first-order valence-corrected chi connectivity index (χ1v) is 9.64. The van der Waals surface area contributed by atoms with Crippen LogP contribution in [0.25, 0.3) is 28.2 Å². The maximum absolute atomic E-state index is 12.3. The van der Waals surface area contributed by atoms with E-state index in [1.807, 2.05) is 31.3 Å². The molecule has 0 radical (unpaired) electrons. The minimum atomic E-state index is -1.44. The predicted molar refractivity (Wildman–Crippen MR) is 120 cm³/mol. The molecular formula is C22H24ClN3O4. The minimum absolute atomic E-state index is 0. The molecule has 1 aliphatic carbocycles. The van der Waals surface area contributed by atoms with Crippen molar-refractivity contribution in [3.63, 3.8) is 0 Å². The summed E-state index contributed by atoms with van der Waals surface area (Å²) in [6.45, 7) is 3.83. The number of aromatic amines is 1. The Kier molecular flexibility index (Phi) is 6.05. The highest BCUT2D eigenvalue weighted by Gasteiger charge is 2.25. The predicted octanol–water partition coefficient (Wildman–Crippen LogP) is 3.43. The molecule has 0 spiro atoms. The van der Waals surface area contributed by atoms with E-state index in [4.69, 9.17) is 0 Å². The number of aromatic carboxylic acids is 1. The van der Waals surface area contributed by atoms with Gasteiger partial charge in [0.25, 0.3) is 5.56 Å². The molecule has 7 nitrogen and oxygen atoms in total. The summed E-state index contributed by atoms with van der Waals surface area (Å²) in [5.41, 5.74) is 3.38. The fourth-order valence-electron chi connectivity index (χ4n) is 4.00. The summed E-state index contributed by atoms with van der Waals surface area (Å²) in [6.07, 6.45) is 5.25. The number of carbonyl (C=O) groups is 1. The smallest absolute Gasteiger partial charge is 0.345 e. The number of hydrogen-bond acceptors (Lipinski definition) is 4. The van der Waals surface area contributed by atoms with Gasteiger partial charge >= 0.3 is 5.97 Å². The average molecular weight is 430 g/mol. The third-order valence-corrected chi connectivity index (χ3v) is 5.48. The van der Waals surface area contributed by atoms with Crippen LogP contribution in [0.5, 0.6) is 5.75 Å². The fourth-order valence-corrected chi connectivity index (χ4v) is 4.00. The maximum Gasteiger partial charge on any atom is 0.345 e. The molecule has 0 amide bonds. The normalized spacial score (nSPS) is 12.2. The van der Waals surface area contributed by atoms with Crippen molar-refractivity contribution in [3.05, 3.63) is 57.0 Å². The summed E-state index contributed by atoms with van der Waals surface area (Å²) in [6, 6.07) is 6.03. The number of fused-ring (bicyclic) bond motifs is 5. The summed E-state index contributed by atoms with van der Waals surface area (Å²) in [4.78, 5) is 26.4. The van der Waals surface area contributed by atoms with E-state index >= 15 is 0 Å².